The van der Waals surface area contributed by atoms with E-state index in [0.29, 0.717) is 17.2 Å². The van der Waals surface area contributed by atoms with Crippen LogP contribution in [0.15, 0.2) is 18.2 Å². The summed E-state index contributed by atoms with van der Waals surface area (Å²) < 4.78 is 1.35. The molecule has 1 N–H and O–H groups in total. The lowest BCUT2D eigenvalue weighted by molar-refractivity contribution is -0.129. The third kappa shape index (κ3) is 2.05. The van der Waals surface area contributed by atoms with Crippen LogP contribution in [0.3, 0.4) is 0 Å². The van der Waals surface area contributed by atoms with Crippen LogP contribution in [0.25, 0.3) is 0 Å². The molecule has 3 aliphatic rings. The van der Waals surface area contributed by atoms with Crippen LogP contribution in [0.1, 0.15) is 31.2 Å². The van der Waals surface area contributed by atoms with E-state index >= 15 is 0 Å². The number of nitrogens with zero attached hydrogens (tertiary/aromatic N) is 2. The smallest absolute Gasteiger partial charge is 0.286 e. The molecule has 5 heteroatoms. The Morgan fingerprint density at radius 1 is 1.23 bits per heavy atom. The summed E-state index contributed by atoms with van der Waals surface area (Å²) in [6, 6.07) is 5.75. The van der Waals surface area contributed by atoms with Gasteiger partial charge < -0.3 is 10.0 Å². The normalized spacial score (nSPS) is 26.9. The second-order valence-electron chi connectivity index (χ2n) is 6.21. The molecular weight excluding hydrogens is 344 g/mol. The number of fused-ring (bicyclic) bond motifs is 1. The van der Waals surface area contributed by atoms with E-state index < -0.39 is 11.5 Å². The Hall–Kier alpha value is -1.51. The highest BCUT2D eigenvalue weighted by Crippen LogP contribution is 2.47. The fourth-order valence-electron chi connectivity index (χ4n) is 3.19. The largest absolute Gasteiger partial charge is 0.371 e. The summed E-state index contributed by atoms with van der Waals surface area (Å²) in [6.45, 7) is 1.91. The van der Waals surface area contributed by atoms with Gasteiger partial charge in [-0.3, -0.25) is 4.79 Å². The zero-order valence-corrected chi connectivity index (χ0v) is 13.8. The van der Waals surface area contributed by atoms with E-state index in [2.05, 4.69) is 32.9 Å². The van der Waals surface area contributed by atoms with Gasteiger partial charge >= 0.3 is 0 Å². The maximum atomic E-state index is 12.6. The third-order valence-corrected chi connectivity index (χ3v) is 5.27. The highest BCUT2D eigenvalue weighted by Gasteiger charge is 2.51. The lowest BCUT2D eigenvalue weighted by atomic mass is 9.93. The predicted molar refractivity (Wildman–Crippen MR) is 88.7 cm³/mol. The summed E-state index contributed by atoms with van der Waals surface area (Å²) in [4.78, 5) is 14.8. The standard InChI is InChI=1S/C17H17BrN2O2/c18-20-14-5-3-4-13(19-10-1-2-11-19)15(14)17(22,16(20)21)9-8-12-6-7-12/h3-5,12,22H,1-2,6-7,10-11H2. The molecule has 0 aromatic heterocycles. The van der Waals surface area contributed by atoms with Crippen molar-refractivity contribution >= 4 is 33.4 Å². The summed E-state index contributed by atoms with van der Waals surface area (Å²) in [5.74, 6) is 5.86. The van der Waals surface area contributed by atoms with Crippen LogP contribution < -0.4 is 8.83 Å². The van der Waals surface area contributed by atoms with Crippen molar-refractivity contribution in [3.8, 4) is 11.8 Å². The van der Waals surface area contributed by atoms with Crippen molar-refractivity contribution in [1.82, 2.24) is 0 Å². The van der Waals surface area contributed by atoms with Crippen molar-refractivity contribution in [1.29, 1.82) is 0 Å². The van der Waals surface area contributed by atoms with E-state index in [4.69, 9.17) is 0 Å². The summed E-state index contributed by atoms with van der Waals surface area (Å²) in [5.41, 5.74) is 0.521. The highest BCUT2D eigenvalue weighted by atomic mass is 79.9. The lowest BCUT2D eigenvalue weighted by Gasteiger charge is -2.24. The SMILES string of the molecule is O=C1N(Br)c2cccc(N3CCCC3)c2C1(O)C#CC1CC1. The molecule has 0 radical (unpaired) electrons. The molecule has 1 aromatic carbocycles. The van der Waals surface area contributed by atoms with Crippen molar-refractivity contribution in [3.05, 3.63) is 23.8 Å². The van der Waals surface area contributed by atoms with Crippen LogP contribution in [0.5, 0.6) is 0 Å². The van der Waals surface area contributed by atoms with Gasteiger partial charge in [0.2, 0.25) is 5.60 Å². The number of carbonyl (C=O) groups is 1. The number of hydrogen-bond acceptors (Lipinski definition) is 3. The fraction of sp³-hybridized carbons (Fsp3) is 0.471. The average molecular weight is 361 g/mol. The summed E-state index contributed by atoms with van der Waals surface area (Å²) >= 11 is 3.28. The Morgan fingerprint density at radius 2 is 1.91 bits per heavy atom. The first-order valence-corrected chi connectivity index (χ1v) is 8.46. The van der Waals surface area contributed by atoms with Gasteiger partial charge in [0.25, 0.3) is 5.91 Å². The predicted octanol–water partition coefficient (Wildman–Crippen LogP) is 2.54. The molecule has 4 rings (SSSR count). The lowest BCUT2D eigenvalue weighted by Crippen LogP contribution is -2.36. The molecule has 114 valence electrons. The van der Waals surface area contributed by atoms with Gasteiger partial charge in [0.1, 0.15) is 0 Å². The first kappa shape index (κ1) is 14.1. The number of hydrogen-bond donors (Lipinski definition) is 1. The van der Waals surface area contributed by atoms with Crippen molar-refractivity contribution in [2.45, 2.75) is 31.3 Å². The number of anilines is 2. The second kappa shape index (κ2) is 5.00. The molecule has 1 saturated heterocycles. The first-order valence-electron chi connectivity index (χ1n) is 7.75. The molecule has 0 bridgehead atoms. The molecule has 1 unspecified atom stereocenters. The molecule has 1 amide bonds. The van der Waals surface area contributed by atoms with Crippen LogP contribution in [-0.4, -0.2) is 24.1 Å². The zero-order chi connectivity index (χ0) is 15.3. The van der Waals surface area contributed by atoms with E-state index in [1.807, 2.05) is 18.2 Å². The van der Waals surface area contributed by atoms with Crippen molar-refractivity contribution in [2.75, 3.05) is 21.9 Å². The van der Waals surface area contributed by atoms with E-state index in [9.17, 15) is 9.90 Å². The van der Waals surface area contributed by atoms with Gasteiger partial charge in [-0.2, -0.15) is 0 Å². The Morgan fingerprint density at radius 3 is 2.59 bits per heavy atom. The van der Waals surface area contributed by atoms with Crippen LogP contribution in [0.2, 0.25) is 0 Å². The minimum atomic E-state index is -1.74. The molecular formula is C17H17BrN2O2. The molecule has 2 heterocycles. The van der Waals surface area contributed by atoms with Gasteiger partial charge in [0.05, 0.1) is 27.4 Å². The number of carbonyl (C=O) groups excluding carboxylic acids is 1. The van der Waals surface area contributed by atoms with Gasteiger partial charge in [0, 0.05) is 24.7 Å². The maximum Gasteiger partial charge on any atom is 0.286 e. The summed E-state index contributed by atoms with van der Waals surface area (Å²) in [5, 5.41) is 11.1. The number of aliphatic hydroxyl groups is 1. The Labute approximate surface area is 138 Å². The minimum absolute atomic E-state index is 0.337. The van der Waals surface area contributed by atoms with E-state index in [-0.39, 0.29) is 0 Å². The Balaban J connectivity index is 1.86. The van der Waals surface area contributed by atoms with Gasteiger partial charge in [-0.1, -0.05) is 17.9 Å². The van der Waals surface area contributed by atoms with E-state index in [1.165, 1.54) is 3.93 Å². The molecule has 1 aliphatic carbocycles. The molecule has 2 aliphatic heterocycles. The second-order valence-corrected chi connectivity index (χ2v) is 6.91. The zero-order valence-electron chi connectivity index (χ0n) is 12.2. The minimum Gasteiger partial charge on any atom is -0.371 e. The molecule has 0 spiro atoms. The molecule has 1 atom stereocenters. The van der Waals surface area contributed by atoms with Gasteiger partial charge in [-0.15, -0.1) is 0 Å². The number of benzene rings is 1. The third-order valence-electron chi connectivity index (χ3n) is 4.56. The van der Waals surface area contributed by atoms with E-state index in [1.54, 1.807) is 0 Å². The van der Waals surface area contributed by atoms with Crippen LogP contribution in [0.4, 0.5) is 11.4 Å². The summed E-state index contributed by atoms with van der Waals surface area (Å²) in [7, 11) is 0. The van der Waals surface area contributed by atoms with Crippen molar-refractivity contribution < 1.29 is 9.90 Å². The van der Waals surface area contributed by atoms with E-state index in [0.717, 1.165) is 44.5 Å². The number of halogens is 1. The van der Waals surface area contributed by atoms with Crippen LogP contribution in [-0.2, 0) is 10.4 Å². The summed E-state index contributed by atoms with van der Waals surface area (Å²) in [6.07, 6.45) is 4.41. The maximum absolute atomic E-state index is 12.6. The Kier molecular flexibility index (Phi) is 3.21. The van der Waals surface area contributed by atoms with Gasteiger partial charge in [0.15, 0.2) is 0 Å². The van der Waals surface area contributed by atoms with Gasteiger partial charge in [-0.05, 0) is 37.8 Å². The monoisotopic (exact) mass is 360 g/mol. The molecule has 22 heavy (non-hydrogen) atoms. The molecule has 4 nitrogen and oxygen atoms in total. The quantitative estimate of drug-likeness (QED) is 0.618. The number of rotatable bonds is 1. The molecule has 1 aromatic rings. The van der Waals surface area contributed by atoms with Crippen LogP contribution >= 0.6 is 16.1 Å². The van der Waals surface area contributed by atoms with Crippen molar-refractivity contribution in [3.63, 3.8) is 0 Å². The topological polar surface area (TPSA) is 43.8 Å². The van der Waals surface area contributed by atoms with Gasteiger partial charge in [-0.25, -0.2) is 3.93 Å². The molecule has 1 saturated carbocycles. The Bertz CT molecular complexity index is 698. The van der Waals surface area contributed by atoms with Crippen LogP contribution in [0, 0.1) is 17.8 Å². The average Bonchev–Trinajstić information content (AvgIpc) is 3.17. The van der Waals surface area contributed by atoms with Crippen molar-refractivity contribution in [2.24, 2.45) is 5.92 Å². The number of amides is 1. The highest BCUT2D eigenvalue weighted by molar-refractivity contribution is 9.10. The fourth-order valence-corrected chi connectivity index (χ4v) is 3.74. The molecule has 2 fully saturated rings. The first-order chi connectivity index (χ1) is 10.6.